The molecule has 0 fully saturated rings. The van der Waals surface area contributed by atoms with Crippen LogP contribution in [0.2, 0.25) is 0 Å². The van der Waals surface area contributed by atoms with Crippen molar-refractivity contribution >= 4 is 16.9 Å². The van der Waals surface area contributed by atoms with E-state index in [-0.39, 0.29) is 0 Å². The number of nitrogens with zero attached hydrogens (tertiary/aromatic N) is 3. The predicted molar refractivity (Wildman–Crippen MR) is 80.7 cm³/mol. The highest BCUT2D eigenvalue weighted by Gasteiger charge is 2.11. The lowest BCUT2D eigenvalue weighted by molar-refractivity contribution is 0.682. The number of hydrogen-bond acceptors (Lipinski definition) is 4. The third-order valence-electron chi connectivity index (χ3n) is 3.21. The van der Waals surface area contributed by atoms with Gasteiger partial charge in [-0.25, -0.2) is 9.97 Å². The Morgan fingerprint density at radius 1 is 1.11 bits per heavy atom. The van der Waals surface area contributed by atoms with Gasteiger partial charge in [-0.2, -0.15) is 0 Å². The summed E-state index contributed by atoms with van der Waals surface area (Å²) in [7, 11) is 0. The van der Waals surface area contributed by atoms with E-state index in [9.17, 15) is 0 Å². The molecule has 1 aromatic heterocycles. The highest BCUT2D eigenvalue weighted by molar-refractivity contribution is 5.76. The smallest absolute Gasteiger partial charge is 0.150 e. The number of para-hydroxylation sites is 2. The molecule has 1 heterocycles. The fourth-order valence-electron chi connectivity index (χ4n) is 2.18. The van der Waals surface area contributed by atoms with Gasteiger partial charge in [0.05, 0.1) is 16.7 Å². The summed E-state index contributed by atoms with van der Waals surface area (Å²) in [5.41, 5.74) is 2.92. The van der Waals surface area contributed by atoms with E-state index in [1.165, 1.54) is 0 Å². The number of anilines is 1. The van der Waals surface area contributed by atoms with E-state index < -0.39 is 0 Å². The van der Waals surface area contributed by atoms with Gasteiger partial charge in [0.1, 0.15) is 0 Å². The van der Waals surface area contributed by atoms with Gasteiger partial charge in [0, 0.05) is 19.6 Å². The lowest BCUT2D eigenvalue weighted by Crippen LogP contribution is -2.33. The van der Waals surface area contributed by atoms with Gasteiger partial charge in [-0.3, -0.25) is 0 Å². The number of likely N-dealkylation sites (N-methyl/N-ethyl adjacent to an activating group) is 2. The van der Waals surface area contributed by atoms with Crippen molar-refractivity contribution in [2.75, 3.05) is 31.1 Å². The molecule has 0 unspecified atom stereocenters. The molecule has 0 radical (unpaired) electrons. The van der Waals surface area contributed by atoms with Gasteiger partial charge in [-0.05, 0) is 32.5 Å². The first-order valence-electron chi connectivity index (χ1n) is 6.95. The zero-order chi connectivity index (χ0) is 13.7. The molecule has 0 spiro atoms. The number of rotatable bonds is 6. The Bertz CT molecular complexity index is 539. The maximum atomic E-state index is 4.76. The first-order chi connectivity index (χ1) is 9.26. The summed E-state index contributed by atoms with van der Waals surface area (Å²) in [5, 5.41) is 3.35. The van der Waals surface area contributed by atoms with E-state index in [1.54, 1.807) is 0 Å². The van der Waals surface area contributed by atoms with Gasteiger partial charge in [-0.15, -0.1) is 0 Å². The number of aryl methyl sites for hydroxylation is 1. The fourth-order valence-corrected chi connectivity index (χ4v) is 2.18. The lowest BCUT2D eigenvalue weighted by atomic mass is 10.3. The molecule has 0 saturated carbocycles. The Morgan fingerprint density at radius 3 is 2.42 bits per heavy atom. The summed E-state index contributed by atoms with van der Waals surface area (Å²) in [4.78, 5) is 11.7. The summed E-state index contributed by atoms with van der Waals surface area (Å²) < 4.78 is 0. The number of hydrogen-bond donors (Lipinski definition) is 1. The largest absolute Gasteiger partial charge is 0.354 e. The fraction of sp³-hybridized carbons (Fsp3) is 0.467. The van der Waals surface area contributed by atoms with Crippen LogP contribution < -0.4 is 10.2 Å². The van der Waals surface area contributed by atoms with Crippen LogP contribution >= 0.6 is 0 Å². The zero-order valence-corrected chi connectivity index (χ0v) is 12.0. The summed E-state index contributed by atoms with van der Waals surface area (Å²) in [5.74, 6) is 0.999. The van der Waals surface area contributed by atoms with Crippen LogP contribution in [0.3, 0.4) is 0 Å². The number of nitrogens with one attached hydrogen (secondary N) is 1. The van der Waals surface area contributed by atoms with E-state index in [4.69, 9.17) is 4.98 Å². The van der Waals surface area contributed by atoms with E-state index in [0.29, 0.717) is 0 Å². The zero-order valence-electron chi connectivity index (χ0n) is 12.0. The number of aromatic nitrogens is 2. The van der Waals surface area contributed by atoms with E-state index in [2.05, 4.69) is 29.0 Å². The molecular weight excluding hydrogens is 236 g/mol. The Balaban J connectivity index is 2.28. The quantitative estimate of drug-likeness (QED) is 0.808. The Kier molecular flexibility index (Phi) is 4.68. The summed E-state index contributed by atoms with van der Waals surface area (Å²) in [6, 6.07) is 8.03. The normalized spacial score (nSPS) is 10.9. The molecule has 0 amide bonds. The number of benzene rings is 1. The minimum atomic E-state index is 0.944. The maximum Gasteiger partial charge on any atom is 0.150 e. The molecule has 4 heteroatoms. The molecule has 19 heavy (non-hydrogen) atoms. The Morgan fingerprint density at radius 2 is 1.79 bits per heavy atom. The molecule has 0 aliphatic heterocycles. The maximum absolute atomic E-state index is 4.76. The Hall–Kier alpha value is -1.68. The average molecular weight is 258 g/mol. The highest BCUT2D eigenvalue weighted by Crippen LogP contribution is 2.19. The van der Waals surface area contributed by atoms with Crippen LogP contribution in [0.25, 0.3) is 11.0 Å². The molecule has 1 aromatic carbocycles. The molecule has 0 atom stereocenters. The van der Waals surface area contributed by atoms with Crippen LogP contribution in [0.15, 0.2) is 24.3 Å². The van der Waals surface area contributed by atoms with Crippen LogP contribution in [0.4, 0.5) is 5.82 Å². The first-order valence-corrected chi connectivity index (χ1v) is 6.95. The topological polar surface area (TPSA) is 41.0 Å². The van der Waals surface area contributed by atoms with Crippen LogP contribution in [0, 0.1) is 6.92 Å². The second kappa shape index (κ2) is 6.48. The van der Waals surface area contributed by atoms with E-state index in [1.807, 2.05) is 31.2 Å². The van der Waals surface area contributed by atoms with Crippen molar-refractivity contribution < 1.29 is 0 Å². The van der Waals surface area contributed by atoms with Crippen molar-refractivity contribution in [3.05, 3.63) is 30.0 Å². The summed E-state index contributed by atoms with van der Waals surface area (Å²) >= 11 is 0. The third-order valence-corrected chi connectivity index (χ3v) is 3.21. The molecular formula is C15H22N4. The van der Waals surface area contributed by atoms with Crippen LogP contribution in [0.5, 0.6) is 0 Å². The minimum Gasteiger partial charge on any atom is -0.354 e. The second-order valence-corrected chi connectivity index (χ2v) is 4.55. The van der Waals surface area contributed by atoms with Gasteiger partial charge in [0.25, 0.3) is 0 Å². The summed E-state index contributed by atoms with van der Waals surface area (Å²) in [6.07, 6.45) is 0. The summed E-state index contributed by atoms with van der Waals surface area (Å²) in [6.45, 7) is 10.2. The van der Waals surface area contributed by atoms with Crippen LogP contribution in [-0.2, 0) is 0 Å². The monoisotopic (exact) mass is 258 g/mol. The SMILES string of the molecule is CCNCCN(CC)c1nc2ccccc2nc1C. The van der Waals surface area contributed by atoms with Crippen molar-refractivity contribution in [1.29, 1.82) is 0 Å². The van der Waals surface area contributed by atoms with Gasteiger partial charge in [0.2, 0.25) is 0 Å². The molecule has 0 aliphatic carbocycles. The molecule has 1 N–H and O–H groups in total. The van der Waals surface area contributed by atoms with Gasteiger partial charge < -0.3 is 10.2 Å². The molecule has 102 valence electrons. The molecule has 0 saturated heterocycles. The van der Waals surface area contributed by atoms with E-state index >= 15 is 0 Å². The highest BCUT2D eigenvalue weighted by atomic mass is 15.2. The van der Waals surface area contributed by atoms with Gasteiger partial charge >= 0.3 is 0 Å². The first kappa shape index (κ1) is 13.7. The Labute approximate surface area is 114 Å². The van der Waals surface area contributed by atoms with Crippen molar-refractivity contribution in [1.82, 2.24) is 15.3 Å². The molecule has 2 aromatic rings. The number of fused-ring (bicyclic) bond motifs is 1. The third kappa shape index (κ3) is 3.20. The van der Waals surface area contributed by atoms with E-state index in [0.717, 1.165) is 48.7 Å². The van der Waals surface area contributed by atoms with Crippen molar-refractivity contribution in [2.24, 2.45) is 0 Å². The van der Waals surface area contributed by atoms with Crippen LogP contribution in [0.1, 0.15) is 19.5 Å². The standard InChI is InChI=1S/C15H22N4/c1-4-16-10-11-19(5-2)15-12(3)17-13-8-6-7-9-14(13)18-15/h6-9,16H,4-5,10-11H2,1-3H3. The van der Waals surface area contributed by atoms with Gasteiger partial charge in [0.15, 0.2) is 5.82 Å². The average Bonchev–Trinajstić information content (AvgIpc) is 2.43. The molecule has 0 bridgehead atoms. The minimum absolute atomic E-state index is 0.944. The van der Waals surface area contributed by atoms with Gasteiger partial charge in [-0.1, -0.05) is 19.1 Å². The second-order valence-electron chi connectivity index (χ2n) is 4.55. The van der Waals surface area contributed by atoms with Crippen molar-refractivity contribution in [3.63, 3.8) is 0 Å². The van der Waals surface area contributed by atoms with Crippen molar-refractivity contribution in [2.45, 2.75) is 20.8 Å². The molecule has 4 nitrogen and oxygen atoms in total. The van der Waals surface area contributed by atoms with Crippen molar-refractivity contribution in [3.8, 4) is 0 Å². The molecule has 2 rings (SSSR count). The molecule has 0 aliphatic rings. The predicted octanol–water partition coefficient (Wildman–Crippen LogP) is 2.37. The lowest BCUT2D eigenvalue weighted by Gasteiger charge is -2.23. The van der Waals surface area contributed by atoms with Crippen LogP contribution in [-0.4, -0.2) is 36.1 Å².